The van der Waals surface area contributed by atoms with Crippen molar-refractivity contribution in [1.29, 1.82) is 0 Å². The van der Waals surface area contributed by atoms with E-state index in [1.807, 2.05) is 18.2 Å². The molecule has 0 bridgehead atoms. The highest BCUT2D eigenvalue weighted by atomic mass is 32.1. The van der Waals surface area contributed by atoms with E-state index in [2.05, 4.69) is 36.7 Å². The van der Waals surface area contributed by atoms with Gasteiger partial charge in [0.25, 0.3) is 0 Å². The maximum Gasteiger partial charge on any atom is 0.186 e. The minimum Gasteiger partial charge on any atom is -0.399 e. The van der Waals surface area contributed by atoms with Gasteiger partial charge in [-0.25, -0.2) is 4.98 Å². The summed E-state index contributed by atoms with van der Waals surface area (Å²) in [6, 6.07) is 8.08. The minimum atomic E-state index is 0.820. The molecular weight excluding hydrogens is 254 g/mol. The highest BCUT2D eigenvalue weighted by Gasteiger charge is 2.12. The number of anilines is 2. The van der Waals surface area contributed by atoms with Gasteiger partial charge in [-0.3, -0.25) is 0 Å². The zero-order chi connectivity index (χ0) is 13.8. The summed E-state index contributed by atoms with van der Waals surface area (Å²) in [7, 11) is 0. The highest BCUT2D eigenvalue weighted by molar-refractivity contribution is 7.15. The quantitative estimate of drug-likeness (QED) is 0.845. The van der Waals surface area contributed by atoms with E-state index in [0.29, 0.717) is 0 Å². The van der Waals surface area contributed by atoms with Crippen LogP contribution in [0.25, 0.3) is 0 Å². The lowest BCUT2D eigenvalue weighted by Gasteiger charge is -2.21. The first-order valence-corrected chi connectivity index (χ1v) is 7.45. The van der Waals surface area contributed by atoms with Gasteiger partial charge in [0.1, 0.15) is 0 Å². The number of nitrogens with two attached hydrogens (primary N) is 1. The number of aryl methyl sites for hydroxylation is 2. The third kappa shape index (κ3) is 3.47. The molecule has 0 amide bonds. The molecule has 4 heteroatoms. The molecule has 1 heterocycles. The van der Waals surface area contributed by atoms with Crippen LogP contribution in [0.2, 0.25) is 0 Å². The van der Waals surface area contributed by atoms with Gasteiger partial charge in [-0.2, -0.15) is 0 Å². The average Bonchev–Trinajstić information content (AvgIpc) is 2.69. The molecule has 0 saturated carbocycles. The Hall–Kier alpha value is -1.55. The topological polar surface area (TPSA) is 42.1 Å². The first kappa shape index (κ1) is 13.9. The Morgan fingerprint density at radius 3 is 2.68 bits per heavy atom. The van der Waals surface area contributed by atoms with Crippen LogP contribution in [-0.4, -0.2) is 11.5 Å². The van der Waals surface area contributed by atoms with Crippen LogP contribution < -0.4 is 10.6 Å². The van der Waals surface area contributed by atoms with Gasteiger partial charge in [-0.05, 0) is 38.0 Å². The largest absolute Gasteiger partial charge is 0.399 e. The van der Waals surface area contributed by atoms with E-state index in [4.69, 9.17) is 5.73 Å². The van der Waals surface area contributed by atoms with E-state index in [9.17, 15) is 0 Å². The van der Waals surface area contributed by atoms with Gasteiger partial charge in [0.15, 0.2) is 5.13 Å². The molecule has 0 atom stereocenters. The van der Waals surface area contributed by atoms with Crippen LogP contribution in [-0.2, 0) is 6.54 Å². The summed E-state index contributed by atoms with van der Waals surface area (Å²) in [5.41, 5.74) is 9.03. The predicted octanol–water partition coefficient (Wildman–Crippen LogP) is 3.76. The molecule has 0 unspecified atom stereocenters. The molecule has 3 nitrogen and oxygen atoms in total. The molecule has 2 rings (SSSR count). The summed E-state index contributed by atoms with van der Waals surface area (Å²) in [5, 5.41) is 1.11. The molecule has 0 aliphatic heterocycles. The summed E-state index contributed by atoms with van der Waals surface area (Å²) in [6.45, 7) is 8.27. The fraction of sp³-hybridized carbons (Fsp3) is 0.400. The second-order valence-electron chi connectivity index (χ2n) is 4.80. The lowest BCUT2D eigenvalue weighted by atomic mass is 10.2. The van der Waals surface area contributed by atoms with Crippen molar-refractivity contribution < 1.29 is 0 Å². The van der Waals surface area contributed by atoms with E-state index in [0.717, 1.165) is 36.0 Å². The van der Waals surface area contributed by atoms with Gasteiger partial charge in [-0.15, -0.1) is 11.3 Å². The Morgan fingerprint density at radius 2 is 2.11 bits per heavy atom. The van der Waals surface area contributed by atoms with Gasteiger partial charge in [0, 0.05) is 23.7 Å². The minimum absolute atomic E-state index is 0.820. The zero-order valence-electron chi connectivity index (χ0n) is 11.8. The van der Waals surface area contributed by atoms with E-state index < -0.39 is 0 Å². The molecule has 0 aliphatic carbocycles. The molecule has 0 aliphatic rings. The first-order chi connectivity index (χ1) is 9.10. The van der Waals surface area contributed by atoms with E-state index >= 15 is 0 Å². The van der Waals surface area contributed by atoms with E-state index in [1.165, 1.54) is 10.4 Å². The third-order valence-corrected chi connectivity index (χ3v) is 4.24. The van der Waals surface area contributed by atoms with Gasteiger partial charge in [-0.1, -0.05) is 19.1 Å². The lowest BCUT2D eigenvalue weighted by Crippen LogP contribution is -2.23. The van der Waals surface area contributed by atoms with Crippen molar-refractivity contribution in [2.45, 2.75) is 33.7 Å². The first-order valence-electron chi connectivity index (χ1n) is 6.63. The number of thiazole rings is 1. The second kappa shape index (κ2) is 6.06. The van der Waals surface area contributed by atoms with Crippen molar-refractivity contribution in [3.05, 3.63) is 40.4 Å². The van der Waals surface area contributed by atoms with Gasteiger partial charge in [0.05, 0.1) is 5.69 Å². The number of rotatable bonds is 5. The molecule has 0 fully saturated rings. The number of benzene rings is 1. The van der Waals surface area contributed by atoms with E-state index in [1.54, 1.807) is 11.3 Å². The van der Waals surface area contributed by atoms with Crippen LogP contribution in [0, 0.1) is 13.8 Å². The summed E-state index contributed by atoms with van der Waals surface area (Å²) < 4.78 is 0. The standard InChI is InChI=1S/C15H21N3S/c1-4-8-18(15-17-11(2)12(3)19-15)10-13-6-5-7-14(16)9-13/h5-7,9H,4,8,10,16H2,1-3H3. The Balaban J connectivity index is 2.20. The zero-order valence-corrected chi connectivity index (χ0v) is 12.6. The smallest absolute Gasteiger partial charge is 0.186 e. The van der Waals surface area contributed by atoms with Crippen molar-refractivity contribution >= 4 is 22.2 Å². The summed E-state index contributed by atoms with van der Waals surface area (Å²) >= 11 is 1.77. The average molecular weight is 275 g/mol. The van der Waals surface area contributed by atoms with Crippen molar-refractivity contribution in [2.24, 2.45) is 0 Å². The SMILES string of the molecule is CCCN(Cc1cccc(N)c1)c1nc(C)c(C)s1. The van der Waals surface area contributed by atoms with Crippen molar-refractivity contribution in [3.63, 3.8) is 0 Å². The predicted molar refractivity (Wildman–Crippen MR) is 83.8 cm³/mol. The molecule has 2 aromatic rings. The van der Waals surface area contributed by atoms with E-state index in [-0.39, 0.29) is 0 Å². The Bertz CT molecular complexity index is 529. The molecule has 0 spiro atoms. The van der Waals surface area contributed by atoms with Crippen LogP contribution in [0.4, 0.5) is 10.8 Å². The third-order valence-electron chi connectivity index (χ3n) is 3.11. The summed E-state index contributed by atoms with van der Waals surface area (Å²) in [4.78, 5) is 8.29. The van der Waals surface area contributed by atoms with Crippen LogP contribution in [0.5, 0.6) is 0 Å². The highest BCUT2D eigenvalue weighted by Crippen LogP contribution is 2.26. The normalized spacial score (nSPS) is 10.7. The van der Waals surface area contributed by atoms with Crippen molar-refractivity contribution in [3.8, 4) is 0 Å². The second-order valence-corrected chi connectivity index (χ2v) is 5.99. The molecule has 1 aromatic carbocycles. The fourth-order valence-electron chi connectivity index (χ4n) is 2.02. The number of nitrogens with zero attached hydrogens (tertiary/aromatic N) is 2. The van der Waals surface area contributed by atoms with Gasteiger partial charge < -0.3 is 10.6 Å². The molecule has 19 heavy (non-hydrogen) atoms. The van der Waals surface area contributed by atoms with Crippen molar-refractivity contribution in [2.75, 3.05) is 17.2 Å². The molecular formula is C15H21N3S. The molecule has 1 aromatic heterocycles. The maximum atomic E-state index is 5.84. The maximum absolute atomic E-state index is 5.84. The number of aromatic nitrogens is 1. The molecule has 0 radical (unpaired) electrons. The number of hydrogen-bond acceptors (Lipinski definition) is 4. The molecule has 0 saturated heterocycles. The number of nitrogen functional groups attached to an aromatic ring is 1. The Kier molecular flexibility index (Phi) is 4.43. The van der Waals surface area contributed by atoms with Crippen molar-refractivity contribution in [1.82, 2.24) is 4.98 Å². The number of hydrogen-bond donors (Lipinski definition) is 1. The van der Waals surface area contributed by atoms with Crippen LogP contribution in [0.1, 0.15) is 29.5 Å². The van der Waals surface area contributed by atoms with Crippen LogP contribution >= 0.6 is 11.3 Å². The Morgan fingerprint density at radius 1 is 1.32 bits per heavy atom. The van der Waals surface area contributed by atoms with Gasteiger partial charge >= 0.3 is 0 Å². The lowest BCUT2D eigenvalue weighted by molar-refractivity contribution is 0.763. The van der Waals surface area contributed by atoms with Crippen LogP contribution in [0.3, 0.4) is 0 Å². The fourth-order valence-corrected chi connectivity index (χ4v) is 2.95. The van der Waals surface area contributed by atoms with Crippen LogP contribution in [0.15, 0.2) is 24.3 Å². The Labute approximate surface area is 119 Å². The summed E-state index contributed by atoms with van der Waals surface area (Å²) in [5.74, 6) is 0. The monoisotopic (exact) mass is 275 g/mol. The molecule has 102 valence electrons. The van der Waals surface area contributed by atoms with Gasteiger partial charge in [0.2, 0.25) is 0 Å². The summed E-state index contributed by atoms with van der Waals surface area (Å²) in [6.07, 6.45) is 1.11. The molecule has 2 N–H and O–H groups in total.